The van der Waals surface area contributed by atoms with Crippen LogP contribution in [0.2, 0.25) is 0 Å². The van der Waals surface area contributed by atoms with Gasteiger partial charge in [0, 0.05) is 6.54 Å². The Kier molecular flexibility index (Phi) is 6.14. The van der Waals surface area contributed by atoms with E-state index in [9.17, 15) is 9.18 Å². The molecule has 0 spiro atoms. The lowest BCUT2D eigenvalue weighted by Crippen LogP contribution is -2.37. The zero-order valence-electron chi connectivity index (χ0n) is 12.7. The van der Waals surface area contributed by atoms with Crippen molar-refractivity contribution in [3.05, 3.63) is 35.1 Å². The van der Waals surface area contributed by atoms with Gasteiger partial charge in [0.2, 0.25) is 5.91 Å². The van der Waals surface area contributed by atoms with Crippen molar-refractivity contribution in [1.82, 2.24) is 5.32 Å². The van der Waals surface area contributed by atoms with E-state index in [4.69, 9.17) is 5.73 Å². The van der Waals surface area contributed by atoms with Crippen molar-refractivity contribution in [3.63, 3.8) is 0 Å². The van der Waals surface area contributed by atoms with Crippen LogP contribution >= 0.6 is 0 Å². The van der Waals surface area contributed by atoms with Gasteiger partial charge in [0.25, 0.3) is 0 Å². The summed E-state index contributed by atoms with van der Waals surface area (Å²) in [6.45, 7) is 8.03. The molecule has 1 aromatic carbocycles. The normalized spacial score (nSPS) is 14.2. The third-order valence-electron chi connectivity index (χ3n) is 3.47. The lowest BCUT2D eigenvalue weighted by Gasteiger charge is -2.21. The van der Waals surface area contributed by atoms with Gasteiger partial charge in [-0.25, -0.2) is 4.39 Å². The summed E-state index contributed by atoms with van der Waals surface area (Å²) < 4.78 is 13.5. The zero-order chi connectivity index (χ0) is 15.3. The minimum absolute atomic E-state index is 0.0605. The highest BCUT2D eigenvalue weighted by atomic mass is 19.1. The summed E-state index contributed by atoms with van der Waals surface area (Å²) in [5.74, 6) is -0.0787. The van der Waals surface area contributed by atoms with Crippen LogP contribution in [0, 0.1) is 24.6 Å². The predicted molar refractivity (Wildman–Crippen MR) is 79.7 cm³/mol. The number of hydrogen-bond donors (Lipinski definition) is 2. The van der Waals surface area contributed by atoms with Gasteiger partial charge in [-0.05, 0) is 43.4 Å². The molecule has 0 saturated heterocycles. The molecule has 1 aromatic rings. The SMILES string of the molecule is Cc1ccc(C(C)NC(=O)C(CN)CC(C)C)cc1F. The Morgan fingerprint density at radius 2 is 2.00 bits per heavy atom. The zero-order valence-corrected chi connectivity index (χ0v) is 12.7. The van der Waals surface area contributed by atoms with Crippen LogP contribution in [-0.4, -0.2) is 12.5 Å². The summed E-state index contributed by atoms with van der Waals surface area (Å²) in [5, 5.41) is 2.91. The molecule has 20 heavy (non-hydrogen) atoms. The van der Waals surface area contributed by atoms with E-state index < -0.39 is 0 Å². The summed E-state index contributed by atoms with van der Waals surface area (Å²) >= 11 is 0. The van der Waals surface area contributed by atoms with Crippen molar-refractivity contribution < 1.29 is 9.18 Å². The molecule has 0 saturated carbocycles. The molecule has 0 aliphatic carbocycles. The number of rotatable bonds is 6. The Bertz CT molecular complexity index is 460. The van der Waals surface area contributed by atoms with Crippen LogP contribution in [0.3, 0.4) is 0 Å². The maximum Gasteiger partial charge on any atom is 0.224 e. The van der Waals surface area contributed by atoms with Gasteiger partial charge in [0.1, 0.15) is 5.82 Å². The van der Waals surface area contributed by atoms with Gasteiger partial charge in [0.15, 0.2) is 0 Å². The van der Waals surface area contributed by atoms with Crippen LogP contribution in [0.5, 0.6) is 0 Å². The van der Waals surface area contributed by atoms with Crippen LogP contribution in [0.15, 0.2) is 18.2 Å². The maximum absolute atomic E-state index is 13.5. The minimum atomic E-state index is -0.249. The number of hydrogen-bond acceptors (Lipinski definition) is 2. The highest BCUT2D eigenvalue weighted by molar-refractivity contribution is 5.79. The van der Waals surface area contributed by atoms with E-state index in [1.807, 2.05) is 13.0 Å². The van der Waals surface area contributed by atoms with E-state index in [2.05, 4.69) is 19.2 Å². The molecule has 1 rings (SSSR count). The van der Waals surface area contributed by atoms with Gasteiger partial charge < -0.3 is 11.1 Å². The quantitative estimate of drug-likeness (QED) is 0.841. The Labute approximate surface area is 120 Å². The van der Waals surface area contributed by atoms with Gasteiger partial charge >= 0.3 is 0 Å². The third-order valence-corrected chi connectivity index (χ3v) is 3.47. The molecule has 3 N–H and O–H groups in total. The second-order valence-electron chi connectivity index (χ2n) is 5.80. The second-order valence-corrected chi connectivity index (χ2v) is 5.80. The van der Waals surface area contributed by atoms with Gasteiger partial charge in [0.05, 0.1) is 12.0 Å². The van der Waals surface area contributed by atoms with Gasteiger partial charge in [-0.1, -0.05) is 26.0 Å². The molecule has 1 amide bonds. The van der Waals surface area contributed by atoms with E-state index in [1.54, 1.807) is 13.0 Å². The third kappa shape index (κ3) is 4.60. The van der Waals surface area contributed by atoms with Crippen LogP contribution < -0.4 is 11.1 Å². The van der Waals surface area contributed by atoms with Crippen LogP contribution in [0.1, 0.15) is 44.4 Å². The number of carbonyl (C=O) groups excluding carboxylic acids is 1. The van der Waals surface area contributed by atoms with Crippen LogP contribution in [0.4, 0.5) is 4.39 Å². The number of benzene rings is 1. The van der Waals surface area contributed by atoms with Crippen molar-refractivity contribution in [2.24, 2.45) is 17.6 Å². The number of amides is 1. The first-order valence-electron chi connectivity index (χ1n) is 7.11. The van der Waals surface area contributed by atoms with Crippen molar-refractivity contribution in [1.29, 1.82) is 0 Å². The van der Waals surface area contributed by atoms with Crippen LogP contribution in [-0.2, 0) is 4.79 Å². The number of carbonyl (C=O) groups is 1. The lowest BCUT2D eigenvalue weighted by atomic mass is 9.95. The fourth-order valence-corrected chi connectivity index (χ4v) is 2.17. The van der Waals surface area contributed by atoms with Gasteiger partial charge in [-0.15, -0.1) is 0 Å². The molecular formula is C16H25FN2O. The monoisotopic (exact) mass is 280 g/mol. The minimum Gasteiger partial charge on any atom is -0.349 e. The molecule has 2 unspecified atom stereocenters. The molecule has 2 atom stereocenters. The fraction of sp³-hybridized carbons (Fsp3) is 0.562. The largest absolute Gasteiger partial charge is 0.349 e. The maximum atomic E-state index is 13.5. The van der Waals surface area contributed by atoms with E-state index in [-0.39, 0.29) is 23.7 Å². The van der Waals surface area contributed by atoms with Crippen molar-refractivity contribution >= 4 is 5.91 Å². The molecule has 4 heteroatoms. The van der Waals surface area contributed by atoms with Gasteiger partial charge in [-0.2, -0.15) is 0 Å². The molecule has 0 bridgehead atoms. The number of halogens is 1. The smallest absolute Gasteiger partial charge is 0.224 e. The van der Waals surface area contributed by atoms with E-state index in [1.165, 1.54) is 6.07 Å². The summed E-state index contributed by atoms with van der Waals surface area (Å²) in [5.41, 5.74) is 7.03. The van der Waals surface area contributed by atoms with Crippen molar-refractivity contribution in [2.75, 3.05) is 6.54 Å². The summed E-state index contributed by atoms with van der Waals surface area (Å²) in [4.78, 5) is 12.2. The summed E-state index contributed by atoms with van der Waals surface area (Å²) in [6, 6.07) is 4.81. The van der Waals surface area contributed by atoms with Crippen molar-refractivity contribution in [3.8, 4) is 0 Å². The lowest BCUT2D eigenvalue weighted by molar-refractivity contribution is -0.125. The van der Waals surface area contributed by atoms with E-state index >= 15 is 0 Å². The standard InChI is InChI=1S/C16H25FN2O/c1-10(2)7-14(9-18)16(20)19-12(4)13-6-5-11(3)15(17)8-13/h5-6,8,10,12,14H,7,9,18H2,1-4H3,(H,19,20). The van der Waals surface area contributed by atoms with Gasteiger partial charge in [-0.3, -0.25) is 4.79 Å². The van der Waals surface area contributed by atoms with E-state index in [0.717, 1.165) is 12.0 Å². The number of aryl methyl sites for hydroxylation is 1. The van der Waals surface area contributed by atoms with E-state index in [0.29, 0.717) is 18.0 Å². The molecule has 0 aromatic heterocycles. The molecule has 112 valence electrons. The molecule has 0 fully saturated rings. The summed E-state index contributed by atoms with van der Waals surface area (Å²) in [7, 11) is 0. The Hall–Kier alpha value is -1.42. The predicted octanol–water partition coefficient (Wildman–Crippen LogP) is 2.93. The Morgan fingerprint density at radius 1 is 1.35 bits per heavy atom. The molecule has 0 aliphatic heterocycles. The fourth-order valence-electron chi connectivity index (χ4n) is 2.17. The molecule has 0 aliphatic rings. The Morgan fingerprint density at radius 3 is 2.50 bits per heavy atom. The highest BCUT2D eigenvalue weighted by Crippen LogP contribution is 2.18. The first kappa shape index (κ1) is 16.6. The van der Waals surface area contributed by atoms with Crippen molar-refractivity contribution in [2.45, 2.75) is 40.2 Å². The average molecular weight is 280 g/mol. The molecule has 3 nitrogen and oxygen atoms in total. The average Bonchev–Trinajstić information content (AvgIpc) is 2.38. The molecule has 0 radical (unpaired) electrons. The topological polar surface area (TPSA) is 55.1 Å². The highest BCUT2D eigenvalue weighted by Gasteiger charge is 2.20. The number of nitrogens with two attached hydrogens (primary N) is 1. The Balaban J connectivity index is 2.70. The first-order chi connectivity index (χ1) is 9.35. The first-order valence-corrected chi connectivity index (χ1v) is 7.11. The second kappa shape index (κ2) is 7.39. The van der Waals surface area contributed by atoms with Crippen LogP contribution in [0.25, 0.3) is 0 Å². The molecule has 0 heterocycles. The molecular weight excluding hydrogens is 255 g/mol. The number of nitrogens with one attached hydrogen (secondary N) is 1. The summed E-state index contributed by atoms with van der Waals surface area (Å²) in [6.07, 6.45) is 0.761.